The molecule has 1 heterocycles. The van der Waals surface area contributed by atoms with E-state index in [1.807, 2.05) is 20.8 Å². The molecule has 2 amide bonds. The number of carboxylic acid groups (broad SMARTS) is 1. The van der Waals surface area contributed by atoms with Crippen molar-refractivity contribution in [3.8, 4) is 0 Å². The van der Waals surface area contributed by atoms with E-state index in [4.69, 9.17) is 9.84 Å². The minimum atomic E-state index is -1.07. The van der Waals surface area contributed by atoms with Crippen molar-refractivity contribution in [2.75, 3.05) is 6.54 Å². The number of hydrogen-bond acceptors (Lipinski definition) is 4. The maximum absolute atomic E-state index is 11.7. The first kappa shape index (κ1) is 15.4. The Labute approximate surface area is 111 Å². The average Bonchev–Trinajstić information content (AvgIpc) is 2.72. The lowest BCUT2D eigenvalue weighted by atomic mass is 10.1. The summed E-state index contributed by atoms with van der Waals surface area (Å²) >= 11 is 0. The van der Waals surface area contributed by atoms with Gasteiger partial charge in [-0.05, 0) is 33.6 Å². The zero-order valence-electron chi connectivity index (χ0n) is 11.4. The molecule has 0 radical (unpaired) electrons. The highest BCUT2D eigenvalue weighted by molar-refractivity contribution is 5.87. The van der Waals surface area contributed by atoms with Gasteiger partial charge in [-0.1, -0.05) is 0 Å². The van der Waals surface area contributed by atoms with E-state index in [0.717, 1.165) is 0 Å². The molecule has 0 aromatic carbocycles. The molecule has 1 aliphatic rings. The zero-order chi connectivity index (χ0) is 14.6. The molecule has 0 unspecified atom stereocenters. The maximum atomic E-state index is 11.7. The van der Waals surface area contributed by atoms with Gasteiger partial charge >= 0.3 is 5.97 Å². The summed E-state index contributed by atoms with van der Waals surface area (Å²) in [7, 11) is 0. The summed E-state index contributed by atoms with van der Waals surface area (Å²) < 4.78 is 5.07. The summed E-state index contributed by atoms with van der Waals surface area (Å²) in [5.41, 5.74) is -0.361. The largest absolute Gasteiger partial charge is 0.479 e. The van der Waals surface area contributed by atoms with Crippen LogP contribution in [0, 0.1) is 0 Å². The highest BCUT2D eigenvalue weighted by Crippen LogP contribution is 2.19. The normalized spacial score (nSPS) is 22.9. The summed E-state index contributed by atoms with van der Waals surface area (Å²) in [6.45, 7) is 5.37. The summed E-state index contributed by atoms with van der Waals surface area (Å²) in [5, 5.41) is 13.9. The van der Waals surface area contributed by atoms with Crippen molar-refractivity contribution < 1.29 is 24.2 Å². The van der Waals surface area contributed by atoms with Gasteiger partial charge in [0.05, 0.1) is 6.54 Å². The van der Waals surface area contributed by atoms with Crippen LogP contribution in [0.25, 0.3) is 0 Å². The van der Waals surface area contributed by atoms with E-state index in [1.54, 1.807) is 0 Å². The van der Waals surface area contributed by atoms with Crippen molar-refractivity contribution in [1.29, 1.82) is 0 Å². The SMILES string of the molecule is CC(C)(C)NC(=O)CNC(=O)[C@@H]1CC[C@H](C(=O)O)O1. The van der Waals surface area contributed by atoms with Crippen molar-refractivity contribution in [2.45, 2.75) is 51.4 Å². The van der Waals surface area contributed by atoms with E-state index in [0.29, 0.717) is 12.8 Å². The van der Waals surface area contributed by atoms with Gasteiger partial charge in [0.15, 0.2) is 6.10 Å². The van der Waals surface area contributed by atoms with Crippen LogP contribution in [0.1, 0.15) is 33.6 Å². The molecule has 1 fully saturated rings. The average molecular weight is 272 g/mol. The van der Waals surface area contributed by atoms with Gasteiger partial charge in [-0.2, -0.15) is 0 Å². The minimum Gasteiger partial charge on any atom is -0.479 e. The van der Waals surface area contributed by atoms with Gasteiger partial charge in [0.2, 0.25) is 11.8 Å². The lowest BCUT2D eigenvalue weighted by Crippen LogP contribution is -2.47. The van der Waals surface area contributed by atoms with E-state index in [9.17, 15) is 14.4 Å². The summed E-state index contributed by atoms with van der Waals surface area (Å²) in [4.78, 5) is 33.8. The predicted molar refractivity (Wildman–Crippen MR) is 66.4 cm³/mol. The molecule has 7 nitrogen and oxygen atoms in total. The van der Waals surface area contributed by atoms with Crippen LogP contribution in [0.5, 0.6) is 0 Å². The summed E-state index contributed by atoms with van der Waals surface area (Å²) in [5.74, 6) is -1.82. The van der Waals surface area contributed by atoms with Crippen molar-refractivity contribution in [3.05, 3.63) is 0 Å². The molecule has 0 saturated carbocycles. The quantitative estimate of drug-likeness (QED) is 0.649. The van der Waals surface area contributed by atoms with Gasteiger partial charge in [-0.25, -0.2) is 4.79 Å². The standard InChI is InChI=1S/C12H20N2O5/c1-12(2,3)14-9(15)6-13-10(16)7-4-5-8(19-7)11(17)18/h7-8H,4-6H2,1-3H3,(H,13,16)(H,14,15)(H,17,18)/t7-,8+/m0/s1. The third kappa shape index (κ3) is 5.25. The molecule has 19 heavy (non-hydrogen) atoms. The van der Waals surface area contributed by atoms with Crippen LogP contribution >= 0.6 is 0 Å². The molecule has 2 atom stereocenters. The van der Waals surface area contributed by atoms with Crippen molar-refractivity contribution in [2.24, 2.45) is 0 Å². The Balaban J connectivity index is 2.33. The maximum Gasteiger partial charge on any atom is 0.332 e. The highest BCUT2D eigenvalue weighted by atomic mass is 16.5. The van der Waals surface area contributed by atoms with Gasteiger partial charge in [0.1, 0.15) is 6.10 Å². The van der Waals surface area contributed by atoms with E-state index in [1.165, 1.54) is 0 Å². The van der Waals surface area contributed by atoms with E-state index < -0.39 is 24.1 Å². The third-order valence-electron chi connectivity index (χ3n) is 2.53. The second kappa shape index (κ2) is 6.01. The van der Waals surface area contributed by atoms with Crippen molar-refractivity contribution >= 4 is 17.8 Å². The Kier molecular flexibility index (Phi) is 4.88. The Hall–Kier alpha value is -1.63. The van der Waals surface area contributed by atoms with Crippen LogP contribution in [0.2, 0.25) is 0 Å². The zero-order valence-corrected chi connectivity index (χ0v) is 11.4. The van der Waals surface area contributed by atoms with Gasteiger partial charge in [0.25, 0.3) is 0 Å². The van der Waals surface area contributed by atoms with Crippen LogP contribution in [0.15, 0.2) is 0 Å². The topological polar surface area (TPSA) is 105 Å². The van der Waals surface area contributed by atoms with Gasteiger partial charge in [-0.3, -0.25) is 9.59 Å². The fourth-order valence-electron chi connectivity index (χ4n) is 1.76. The number of rotatable bonds is 4. The van der Waals surface area contributed by atoms with E-state index in [2.05, 4.69) is 10.6 Å². The van der Waals surface area contributed by atoms with Crippen LogP contribution in [-0.4, -0.2) is 47.2 Å². The monoisotopic (exact) mass is 272 g/mol. The molecule has 7 heteroatoms. The molecule has 0 aromatic rings. The van der Waals surface area contributed by atoms with Crippen LogP contribution in [0.4, 0.5) is 0 Å². The predicted octanol–water partition coefficient (Wildman–Crippen LogP) is -0.350. The first-order chi connectivity index (χ1) is 8.69. The second-order valence-electron chi connectivity index (χ2n) is 5.54. The molecule has 0 bridgehead atoms. The molecule has 108 valence electrons. The smallest absolute Gasteiger partial charge is 0.332 e. The minimum absolute atomic E-state index is 0.145. The van der Waals surface area contributed by atoms with Gasteiger partial charge in [0, 0.05) is 5.54 Å². The molecule has 3 N–H and O–H groups in total. The first-order valence-electron chi connectivity index (χ1n) is 6.16. The number of nitrogens with one attached hydrogen (secondary N) is 2. The lowest BCUT2D eigenvalue weighted by molar-refractivity contribution is -0.152. The Morgan fingerprint density at radius 1 is 1.21 bits per heavy atom. The Morgan fingerprint density at radius 2 is 1.79 bits per heavy atom. The van der Waals surface area contributed by atoms with Crippen LogP contribution < -0.4 is 10.6 Å². The molecule has 1 aliphatic heterocycles. The Morgan fingerprint density at radius 3 is 2.26 bits per heavy atom. The molecular formula is C12H20N2O5. The van der Waals surface area contributed by atoms with Crippen LogP contribution in [-0.2, 0) is 19.1 Å². The fourth-order valence-corrected chi connectivity index (χ4v) is 1.76. The number of aliphatic carboxylic acids is 1. The van der Waals surface area contributed by atoms with E-state index in [-0.39, 0.29) is 18.0 Å². The van der Waals surface area contributed by atoms with Gasteiger partial charge < -0.3 is 20.5 Å². The highest BCUT2D eigenvalue weighted by Gasteiger charge is 2.34. The van der Waals surface area contributed by atoms with Gasteiger partial charge in [-0.15, -0.1) is 0 Å². The Bertz CT molecular complexity index is 375. The lowest BCUT2D eigenvalue weighted by Gasteiger charge is -2.20. The number of carboxylic acids is 1. The van der Waals surface area contributed by atoms with Crippen molar-refractivity contribution in [3.63, 3.8) is 0 Å². The summed E-state index contributed by atoms with van der Waals surface area (Å²) in [6, 6.07) is 0. The number of amides is 2. The molecule has 1 rings (SSSR count). The molecule has 0 spiro atoms. The molecule has 1 saturated heterocycles. The summed E-state index contributed by atoms with van der Waals surface area (Å²) in [6.07, 6.45) is -1.06. The first-order valence-corrected chi connectivity index (χ1v) is 6.16. The number of carbonyl (C=O) groups is 3. The number of hydrogen-bond donors (Lipinski definition) is 3. The third-order valence-corrected chi connectivity index (χ3v) is 2.53. The number of ether oxygens (including phenoxy) is 1. The molecular weight excluding hydrogens is 252 g/mol. The van der Waals surface area contributed by atoms with E-state index >= 15 is 0 Å². The fraction of sp³-hybridized carbons (Fsp3) is 0.750. The number of carbonyl (C=O) groups excluding carboxylic acids is 2. The molecule has 0 aromatic heterocycles. The second-order valence-corrected chi connectivity index (χ2v) is 5.54. The van der Waals surface area contributed by atoms with Crippen LogP contribution in [0.3, 0.4) is 0 Å². The van der Waals surface area contributed by atoms with Crippen molar-refractivity contribution in [1.82, 2.24) is 10.6 Å². The molecule has 0 aliphatic carbocycles.